The van der Waals surface area contributed by atoms with Crippen molar-refractivity contribution in [1.29, 1.82) is 0 Å². The van der Waals surface area contributed by atoms with Crippen molar-refractivity contribution >= 4 is 74.0 Å². The first-order chi connectivity index (χ1) is 19.3. The Morgan fingerprint density at radius 1 is 1.15 bits per heavy atom. The lowest BCUT2D eigenvalue weighted by Crippen LogP contribution is -2.36. The molecule has 15 heteroatoms. The van der Waals surface area contributed by atoms with E-state index in [0.29, 0.717) is 35.1 Å². The SMILES string of the molecule is CSc1cccc(NC(=O)CN2C(=O)S/C(=C/c3ccc(Oc4ccc(C(F)(F)F)cc4[N+](=O)[O-])c(Br)c3)C2=O)c1. The van der Waals surface area contributed by atoms with Crippen LogP contribution in [0.2, 0.25) is 0 Å². The maximum Gasteiger partial charge on any atom is 0.416 e. The Balaban J connectivity index is 1.47. The highest BCUT2D eigenvalue weighted by molar-refractivity contribution is 9.10. The minimum Gasteiger partial charge on any atom is -0.449 e. The first kappa shape index (κ1) is 30.1. The van der Waals surface area contributed by atoms with Crippen LogP contribution in [0.25, 0.3) is 6.08 Å². The lowest BCUT2D eigenvalue weighted by molar-refractivity contribution is -0.385. The van der Waals surface area contributed by atoms with E-state index < -0.39 is 51.7 Å². The average molecular weight is 668 g/mol. The molecule has 9 nitrogen and oxygen atoms in total. The quantitative estimate of drug-likeness (QED) is 0.113. The summed E-state index contributed by atoms with van der Waals surface area (Å²) < 4.78 is 44.7. The molecule has 0 aromatic heterocycles. The number of amides is 3. The minimum absolute atomic E-state index is 0.0559. The highest BCUT2D eigenvalue weighted by Gasteiger charge is 2.36. The number of carbonyl (C=O) groups is 3. The second-order valence-electron chi connectivity index (χ2n) is 8.28. The lowest BCUT2D eigenvalue weighted by atomic mass is 10.1. The van der Waals surface area contributed by atoms with Crippen LogP contribution in [-0.4, -0.2) is 39.7 Å². The first-order valence-electron chi connectivity index (χ1n) is 11.4. The summed E-state index contributed by atoms with van der Waals surface area (Å²) in [5.74, 6) is -1.56. The Morgan fingerprint density at radius 2 is 1.88 bits per heavy atom. The number of halogens is 4. The standard InChI is InChI=1S/C26H17BrF3N3O6S2/c1-40-17-4-2-3-16(12-17)31-23(34)13-32-24(35)22(41-25(32)36)10-14-5-7-20(18(27)9-14)39-21-8-6-15(26(28,29)30)11-19(21)33(37)38/h2-12H,13H2,1H3,(H,31,34)/b22-10+. The van der Waals surface area contributed by atoms with E-state index in [1.165, 1.54) is 36.0 Å². The van der Waals surface area contributed by atoms with Gasteiger partial charge in [-0.25, -0.2) is 0 Å². The Morgan fingerprint density at radius 3 is 2.54 bits per heavy atom. The molecule has 3 amide bonds. The zero-order chi connectivity index (χ0) is 29.9. The number of imide groups is 1. The van der Waals surface area contributed by atoms with E-state index in [1.807, 2.05) is 12.3 Å². The largest absolute Gasteiger partial charge is 0.449 e. The van der Waals surface area contributed by atoms with E-state index in [2.05, 4.69) is 21.2 Å². The third kappa shape index (κ3) is 7.28. The van der Waals surface area contributed by atoms with Crippen LogP contribution < -0.4 is 10.1 Å². The summed E-state index contributed by atoms with van der Waals surface area (Å²) in [4.78, 5) is 50.0. The predicted molar refractivity (Wildman–Crippen MR) is 152 cm³/mol. The van der Waals surface area contributed by atoms with Gasteiger partial charge in [-0.05, 0) is 88.1 Å². The minimum atomic E-state index is -4.77. The van der Waals surface area contributed by atoms with Crippen molar-refractivity contribution in [3.63, 3.8) is 0 Å². The molecule has 41 heavy (non-hydrogen) atoms. The number of alkyl halides is 3. The van der Waals surface area contributed by atoms with E-state index in [9.17, 15) is 37.7 Å². The Hall–Kier alpha value is -3.82. The number of thioether (sulfide) groups is 2. The Bertz CT molecular complexity index is 1600. The summed E-state index contributed by atoms with van der Waals surface area (Å²) in [6.07, 6.45) is -1.47. The van der Waals surface area contributed by atoms with E-state index >= 15 is 0 Å². The molecule has 3 aromatic carbocycles. The fraction of sp³-hybridized carbons (Fsp3) is 0.115. The van der Waals surface area contributed by atoms with E-state index in [-0.39, 0.29) is 15.1 Å². The van der Waals surface area contributed by atoms with Crippen LogP contribution in [-0.2, 0) is 15.8 Å². The summed E-state index contributed by atoms with van der Waals surface area (Å²) in [6, 6.07) is 13.4. The van der Waals surface area contributed by atoms with Crippen molar-refractivity contribution in [3.8, 4) is 11.5 Å². The number of ether oxygens (including phenoxy) is 1. The Kier molecular flexibility index (Phi) is 9.09. The van der Waals surface area contributed by atoms with Crippen molar-refractivity contribution in [3.05, 3.63) is 91.3 Å². The average Bonchev–Trinajstić information content (AvgIpc) is 3.16. The number of anilines is 1. The van der Waals surface area contributed by atoms with Gasteiger partial charge in [0.2, 0.25) is 11.7 Å². The maximum atomic E-state index is 13.0. The number of carbonyl (C=O) groups excluding carboxylic acids is 3. The molecule has 0 unspecified atom stereocenters. The van der Waals surface area contributed by atoms with Crippen molar-refractivity contribution in [2.45, 2.75) is 11.1 Å². The third-order valence-corrected chi connectivity index (χ3v) is 7.74. The summed E-state index contributed by atoms with van der Waals surface area (Å²) in [5, 5.41) is 13.4. The molecule has 1 aliphatic rings. The normalized spacial score (nSPS) is 14.5. The molecule has 1 heterocycles. The van der Waals surface area contributed by atoms with Crippen LogP contribution in [0.4, 0.5) is 29.3 Å². The van der Waals surface area contributed by atoms with Gasteiger partial charge in [0, 0.05) is 16.6 Å². The van der Waals surface area contributed by atoms with Crippen LogP contribution >= 0.6 is 39.5 Å². The van der Waals surface area contributed by atoms with Crippen molar-refractivity contribution in [2.24, 2.45) is 0 Å². The zero-order valence-corrected chi connectivity index (χ0v) is 23.9. The number of rotatable bonds is 8. The molecule has 0 radical (unpaired) electrons. The topological polar surface area (TPSA) is 119 Å². The van der Waals surface area contributed by atoms with Gasteiger partial charge in [0.15, 0.2) is 0 Å². The zero-order valence-electron chi connectivity index (χ0n) is 20.7. The number of nitro groups is 1. The number of nitro benzene ring substituents is 1. The van der Waals surface area contributed by atoms with E-state index in [4.69, 9.17) is 4.74 Å². The van der Waals surface area contributed by atoms with Crippen molar-refractivity contribution < 1.29 is 37.2 Å². The highest BCUT2D eigenvalue weighted by atomic mass is 79.9. The van der Waals surface area contributed by atoms with Crippen LogP contribution in [0.3, 0.4) is 0 Å². The number of nitrogens with zero attached hydrogens (tertiary/aromatic N) is 2. The molecule has 0 saturated carbocycles. The van der Waals surface area contributed by atoms with Crippen LogP contribution in [0, 0.1) is 10.1 Å². The molecule has 0 spiro atoms. The molecule has 0 aliphatic carbocycles. The number of hydrogen-bond acceptors (Lipinski definition) is 8. The maximum absolute atomic E-state index is 13.0. The van der Waals surface area contributed by atoms with Gasteiger partial charge in [0.1, 0.15) is 12.3 Å². The van der Waals surface area contributed by atoms with Gasteiger partial charge < -0.3 is 10.1 Å². The van der Waals surface area contributed by atoms with E-state index in [1.54, 1.807) is 18.2 Å². The second kappa shape index (κ2) is 12.4. The van der Waals surface area contributed by atoms with E-state index in [0.717, 1.165) is 15.9 Å². The van der Waals surface area contributed by atoms with Gasteiger partial charge in [-0.2, -0.15) is 13.2 Å². The third-order valence-electron chi connectivity index (χ3n) is 5.49. The van der Waals surface area contributed by atoms with Crippen LogP contribution in [0.5, 0.6) is 11.5 Å². The van der Waals surface area contributed by atoms with Gasteiger partial charge in [-0.3, -0.25) is 29.4 Å². The van der Waals surface area contributed by atoms with Crippen molar-refractivity contribution in [1.82, 2.24) is 4.90 Å². The van der Waals surface area contributed by atoms with Gasteiger partial charge in [0.05, 0.1) is 19.9 Å². The fourth-order valence-corrected chi connectivity index (χ4v) is 5.34. The summed E-state index contributed by atoms with van der Waals surface area (Å²) in [5.41, 5.74) is -1.10. The molecule has 1 fully saturated rings. The molecule has 212 valence electrons. The fourth-order valence-electron chi connectivity index (χ4n) is 3.56. The molecular weight excluding hydrogens is 651 g/mol. The molecule has 3 aromatic rings. The smallest absolute Gasteiger partial charge is 0.416 e. The number of benzene rings is 3. The summed E-state index contributed by atoms with van der Waals surface area (Å²) >= 11 is 5.40. The van der Waals surface area contributed by atoms with Gasteiger partial charge in [-0.15, -0.1) is 11.8 Å². The van der Waals surface area contributed by atoms with Crippen LogP contribution in [0.1, 0.15) is 11.1 Å². The second-order valence-corrected chi connectivity index (χ2v) is 11.0. The van der Waals surface area contributed by atoms with Crippen molar-refractivity contribution in [2.75, 3.05) is 18.1 Å². The molecule has 0 bridgehead atoms. The highest BCUT2D eigenvalue weighted by Crippen LogP contribution is 2.40. The molecule has 1 saturated heterocycles. The number of nitrogens with one attached hydrogen (secondary N) is 1. The first-order valence-corrected chi connectivity index (χ1v) is 14.2. The molecular formula is C26H17BrF3N3O6S2. The Labute approximate surface area is 247 Å². The predicted octanol–water partition coefficient (Wildman–Crippen LogP) is 7.57. The monoisotopic (exact) mass is 667 g/mol. The van der Waals surface area contributed by atoms with Gasteiger partial charge in [-0.1, -0.05) is 12.1 Å². The molecule has 1 aliphatic heterocycles. The van der Waals surface area contributed by atoms with Gasteiger partial charge in [0.25, 0.3) is 11.1 Å². The van der Waals surface area contributed by atoms with Crippen LogP contribution in [0.15, 0.2) is 74.9 Å². The summed E-state index contributed by atoms with van der Waals surface area (Å²) in [7, 11) is 0. The molecule has 4 rings (SSSR count). The summed E-state index contributed by atoms with van der Waals surface area (Å²) in [6.45, 7) is -0.478. The number of hydrogen-bond donors (Lipinski definition) is 1. The lowest BCUT2D eigenvalue weighted by Gasteiger charge is -2.13. The molecule has 0 atom stereocenters. The molecule has 1 N–H and O–H groups in total. The van der Waals surface area contributed by atoms with Gasteiger partial charge >= 0.3 is 11.9 Å².